The summed E-state index contributed by atoms with van der Waals surface area (Å²) in [6.45, 7) is 9.89. The lowest BCUT2D eigenvalue weighted by atomic mass is 9.93. The number of rotatable bonds is 6. The predicted molar refractivity (Wildman–Crippen MR) is 96.7 cm³/mol. The second-order valence-electron chi connectivity index (χ2n) is 7.47. The summed E-state index contributed by atoms with van der Waals surface area (Å²) in [6.07, 6.45) is 2.53. The Bertz CT molecular complexity index is 545. The molecule has 0 spiro atoms. The first-order valence-corrected chi connectivity index (χ1v) is 8.87. The van der Waals surface area contributed by atoms with E-state index in [-0.39, 0.29) is 18.2 Å². The van der Waals surface area contributed by atoms with Crippen molar-refractivity contribution in [2.45, 2.75) is 52.3 Å². The molecule has 0 saturated carbocycles. The highest BCUT2D eigenvalue weighted by Gasteiger charge is 2.30. The quantitative estimate of drug-likeness (QED) is 0.749. The van der Waals surface area contributed by atoms with E-state index in [9.17, 15) is 9.90 Å². The number of piperidine rings is 1. The first-order chi connectivity index (χ1) is 11.4. The van der Waals surface area contributed by atoms with E-state index >= 15 is 0 Å². The van der Waals surface area contributed by atoms with Crippen molar-refractivity contribution in [3.8, 4) is 0 Å². The van der Waals surface area contributed by atoms with Gasteiger partial charge in [0.2, 0.25) is 0 Å². The van der Waals surface area contributed by atoms with Crippen molar-refractivity contribution in [1.82, 2.24) is 15.5 Å². The lowest BCUT2D eigenvalue weighted by Gasteiger charge is -2.43. The number of hydrogen-bond donors (Lipinski definition) is 3. The number of amides is 2. The van der Waals surface area contributed by atoms with E-state index in [2.05, 4.69) is 36.3 Å². The molecule has 1 aliphatic heterocycles. The molecule has 1 unspecified atom stereocenters. The van der Waals surface area contributed by atoms with Crippen molar-refractivity contribution in [2.24, 2.45) is 5.92 Å². The van der Waals surface area contributed by atoms with Gasteiger partial charge in [-0.05, 0) is 50.3 Å². The van der Waals surface area contributed by atoms with Gasteiger partial charge in [-0.1, -0.05) is 31.2 Å². The molecule has 1 aliphatic rings. The Morgan fingerprint density at radius 3 is 2.67 bits per heavy atom. The summed E-state index contributed by atoms with van der Waals surface area (Å²) < 4.78 is 0. The van der Waals surface area contributed by atoms with Crippen LogP contribution in [0, 0.1) is 5.92 Å². The van der Waals surface area contributed by atoms with Crippen LogP contribution in [0.3, 0.4) is 0 Å². The van der Waals surface area contributed by atoms with Gasteiger partial charge in [0.1, 0.15) is 0 Å². The molecule has 24 heavy (non-hydrogen) atoms. The molecule has 1 heterocycles. The monoisotopic (exact) mass is 333 g/mol. The zero-order valence-corrected chi connectivity index (χ0v) is 15.1. The van der Waals surface area contributed by atoms with Crippen molar-refractivity contribution in [3.63, 3.8) is 0 Å². The molecule has 1 saturated heterocycles. The molecule has 1 aromatic carbocycles. The fourth-order valence-corrected chi connectivity index (χ4v) is 3.27. The number of benzene rings is 1. The minimum atomic E-state index is -0.166. The lowest BCUT2D eigenvalue weighted by molar-refractivity contribution is 0.0724. The van der Waals surface area contributed by atoms with Crippen molar-refractivity contribution in [2.75, 3.05) is 19.6 Å². The van der Waals surface area contributed by atoms with Gasteiger partial charge in [0.15, 0.2) is 0 Å². The molecule has 0 radical (unpaired) electrons. The lowest BCUT2D eigenvalue weighted by Crippen LogP contribution is -2.55. The van der Waals surface area contributed by atoms with Gasteiger partial charge >= 0.3 is 6.03 Å². The number of nitrogens with zero attached hydrogens (tertiary/aromatic N) is 1. The number of aliphatic hydroxyl groups is 1. The Labute approximate surface area is 145 Å². The summed E-state index contributed by atoms with van der Waals surface area (Å²) in [5, 5.41) is 15.2. The average Bonchev–Trinajstić information content (AvgIpc) is 2.58. The topological polar surface area (TPSA) is 64.6 Å². The van der Waals surface area contributed by atoms with Gasteiger partial charge in [-0.3, -0.25) is 4.90 Å². The number of hydrogen-bond acceptors (Lipinski definition) is 3. The van der Waals surface area contributed by atoms with E-state index in [4.69, 9.17) is 0 Å². The molecule has 1 aromatic rings. The second-order valence-corrected chi connectivity index (χ2v) is 7.47. The van der Waals surface area contributed by atoms with Crippen LogP contribution in [-0.4, -0.2) is 41.2 Å². The van der Waals surface area contributed by atoms with Crippen molar-refractivity contribution < 1.29 is 9.90 Å². The van der Waals surface area contributed by atoms with E-state index in [1.165, 1.54) is 12.8 Å². The Balaban J connectivity index is 1.79. The fourth-order valence-electron chi connectivity index (χ4n) is 3.27. The van der Waals surface area contributed by atoms with Crippen molar-refractivity contribution in [3.05, 3.63) is 35.4 Å². The third-order valence-electron chi connectivity index (χ3n) is 4.92. The summed E-state index contributed by atoms with van der Waals surface area (Å²) in [4.78, 5) is 14.6. The van der Waals surface area contributed by atoms with Gasteiger partial charge in [-0.2, -0.15) is 0 Å². The van der Waals surface area contributed by atoms with Gasteiger partial charge < -0.3 is 15.7 Å². The highest BCUT2D eigenvalue weighted by Crippen LogP contribution is 2.23. The van der Waals surface area contributed by atoms with Crippen LogP contribution in [0.1, 0.15) is 44.7 Å². The highest BCUT2D eigenvalue weighted by molar-refractivity contribution is 5.73. The Kier molecular flexibility index (Phi) is 6.63. The number of nitrogens with one attached hydrogen (secondary N) is 2. The average molecular weight is 333 g/mol. The zero-order chi connectivity index (χ0) is 17.6. The molecule has 1 atom stereocenters. The molecule has 2 rings (SSSR count). The zero-order valence-electron chi connectivity index (χ0n) is 15.1. The maximum atomic E-state index is 12.1. The standard InChI is InChI=1S/C19H31N3O2/c1-15-7-6-10-22(12-15)19(2,3)14-21-18(24)20-11-16-8-4-5-9-17(16)13-23/h4-5,8-9,15,23H,6-7,10-14H2,1-3H3,(H2,20,21,24). The number of likely N-dealkylation sites (tertiary alicyclic amines) is 1. The Morgan fingerprint density at radius 2 is 2.00 bits per heavy atom. The Hall–Kier alpha value is -1.59. The first-order valence-electron chi connectivity index (χ1n) is 8.87. The summed E-state index contributed by atoms with van der Waals surface area (Å²) in [5.74, 6) is 0.724. The van der Waals surface area contributed by atoms with Crippen LogP contribution in [0.5, 0.6) is 0 Å². The molecule has 3 N–H and O–H groups in total. The van der Waals surface area contributed by atoms with Gasteiger partial charge in [0.05, 0.1) is 6.61 Å². The molecule has 134 valence electrons. The number of carbonyl (C=O) groups is 1. The summed E-state index contributed by atoms with van der Waals surface area (Å²) in [6, 6.07) is 7.42. The highest BCUT2D eigenvalue weighted by atomic mass is 16.3. The molecule has 2 amide bonds. The molecular weight excluding hydrogens is 302 g/mol. The van der Waals surface area contributed by atoms with E-state index < -0.39 is 0 Å². The molecule has 0 aliphatic carbocycles. The molecular formula is C19H31N3O2. The minimum Gasteiger partial charge on any atom is -0.392 e. The third-order valence-corrected chi connectivity index (χ3v) is 4.92. The van der Waals surface area contributed by atoms with E-state index in [0.717, 1.165) is 30.1 Å². The van der Waals surface area contributed by atoms with E-state index in [0.29, 0.717) is 13.1 Å². The maximum Gasteiger partial charge on any atom is 0.315 e. The third kappa shape index (κ3) is 5.21. The van der Waals surface area contributed by atoms with Crippen LogP contribution in [0.15, 0.2) is 24.3 Å². The van der Waals surface area contributed by atoms with E-state index in [1.54, 1.807) is 0 Å². The van der Waals surface area contributed by atoms with Crippen LogP contribution < -0.4 is 10.6 Å². The van der Waals surface area contributed by atoms with Crippen molar-refractivity contribution in [1.29, 1.82) is 0 Å². The normalized spacial score (nSPS) is 19.1. The van der Waals surface area contributed by atoms with Crippen LogP contribution in [0.25, 0.3) is 0 Å². The summed E-state index contributed by atoms with van der Waals surface area (Å²) in [7, 11) is 0. The first kappa shape index (κ1) is 18.7. The smallest absolute Gasteiger partial charge is 0.315 e. The van der Waals surface area contributed by atoms with Crippen LogP contribution in [-0.2, 0) is 13.2 Å². The maximum absolute atomic E-state index is 12.1. The van der Waals surface area contributed by atoms with Gasteiger partial charge in [-0.15, -0.1) is 0 Å². The SMILES string of the molecule is CC1CCCN(C(C)(C)CNC(=O)NCc2ccccc2CO)C1. The predicted octanol–water partition coefficient (Wildman–Crippen LogP) is 2.49. The Morgan fingerprint density at radius 1 is 1.29 bits per heavy atom. The molecule has 5 nitrogen and oxygen atoms in total. The van der Waals surface area contributed by atoms with Gasteiger partial charge in [-0.25, -0.2) is 4.79 Å². The molecule has 0 aromatic heterocycles. The van der Waals surface area contributed by atoms with Crippen LogP contribution >= 0.6 is 0 Å². The number of aliphatic hydroxyl groups excluding tert-OH is 1. The van der Waals surface area contributed by atoms with Crippen molar-refractivity contribution >= 4 is 6.03 Å². The molecule has 5 heteroatoms. The van der Waals surface area contributed by atoms with Crippen LogP contribution in [0.4, 0.5) is 4.79 Å². The summed E-state index contributed by atoms with van der Waals surface area (Å²) in [5.41, 5.74) is 1.74. The molecule has 0 bridgehead atoms. The van der Waals surface area contributed by atoms with Crippen LogP contribution in [0.2, 0.25) is 0 Å². The minimum absolute atomic E-state index is 0.0142. The number of urea groups is 1. The summed E-state index contributed by atoms with van der Waals surface area (Å²) >= 11 is 0. The van der Waals surface area contributed by atoms with Gasteiger partial charge in [0, 0.05) is 25.2 Å². The van der Waals surface area contributed by atoms with Gasteiger partial charge in [0.25, 0.3) is 0 Å². The fraction of sp³-hybridized carbons (Fsp3) is 0.632. The van der Waals surface area contributed by atoms with E-state index in [1.807, 2.05) is 24.3 Å². The largest absolute Gasteiger partial charge is 0.392 e. The number of carbonyl (C=O) groups excluding carboxylic acids is 1. The molecule has 1 fully saturated rings. The second kappa shape index (κ2) is 8.49.